The Balaban J connectivity index is 2.85. The summed E-state index contributed by atoms with van der Waals surface area (Å²) in [7, 11) is 0. The minimum absolute atomic E-state index is 0.0625. The first kappa shape index (κ1) is 9.66. The summed E-state index contributed by atoms with van der Waals surface area (Å²) in [5.74, 6) is 0. The summed E-state index contributed by atoms with van der Waals surface area (Å²) in [6, 6.07) is -0.256. The molecule has 0 saturated carbocycles. The quantitative estimate of drug-likeness (QED) is 0.556. The lowest BCUT2D eigenvalue weighted by Crippen LogP contribution is -2.18. The van der Waals surface area contributed by atoms with Crippen molar-refractivity contribution in [2.45, 2.75) is 26.0 Å². The van der Waals surface area contributed by atoms with E-state index >= 15 is 0 Å². The Bertz CT molecular complexity index is 308. The molecule has 0 bridgehead atoms. The number of aliphatic hydroxyl groups excluding tert-OH is 1. The van der Waals surface area contributed by atoms with Gasteiger partial charge < -0.3 is 5.11 Å². The van der Waals surface area contributed by atoms with Crippen molar-refractivity contribution in [1.82, 2.24) is 9.78 Å². The molecule has 0 aliphatic rings. The summed E-state index contributed by atoms with van der Waals surface area (Å²) in [4.78, 5) is 9.78. The van der Waals surface area contributed by atoms with Crippen LogP contribution in [0.25, 0.3) is 0 Å². The van der Waals surface area contributed by atoms with E-state index < -0.39 is 11.0 Å². The second-order valence-electron chi connectivity index (χ2n) is 2.92. The normalized spacial score (nSPS) is 15.3. The molecular weight excluding hydrogens is 174 g/mol. The number of aliphatic hydroxyl groups is 1. The van der Waals surface area contributed by atoms with Crippen LogP contribution in [0.2, 0.25) is 0 Å². The van der Waals surface area contributed by atoms with Crippen LogP contribution in [0.3, 0.4) is 0 Å². The summed E-state index contributed by atoms with van der Waals surface area (Å²) in [5, 5.41) is 23.3. The zero-order chi connectivity index (χ0) is 10.0. The Kier molecular flexibility index (Phi) is 2.62. The predicted molar refractivity (Wildman–Crippen MR) is 45.3 cm³/mol. The van der Waals surface area contributed by atoms with Crippen LogP contribution in [0, 0.1) is 10.1 Å². The highest BCUT2D eigenvalue weighted by molar-refractivity contribution is 5.21. The van der Waals surface area contributed by atoms with E-state index in [0.717, 1.165) is 0 Å². The fourth-order valence-electron chi connectivity index (χ4n) is 0.866. The average molecular weight is 185 g/mol. The van der Waals surface area contributed by atoms with Gasteiger partial charge in [-0.25, -0.2) is 0 Å². The van der Waals surface area contributed by atoms with Crippen LogP contribution in [0.4, 0.5) is 5.69 Å². The molecule has 0 aromatic carbocycles. The molecule has 0 spiro atoms. The Morgan fingerprint density at radius 2 is 2.31 bits per heavy atom. The van der Waals surface area contributed by atoms with Gasteiger partial charge in [-0.05, 0) is 13.8 Å². The molecule has 1 heterocycles. The van der Waals surface area contributed by atoms with Crippen LogP contribution in [-0.4, -0.2) is 25.9 Å². The molecule has 2 unspecified atom stereocenters. The first-order chi connectivity index (χ1) is 6.02. The number of nitrogens with zero attached hydrogens (tertiary/aromatic N) is 3. The predicted octanol–water partition coefficient (Wildman–Crippen LogP) is 0.733. The van der Waals surface area contributed by atoms with Crippen LogP contribution < -0.4 is 0 Å². The van der Waals surface area contributed by atoms with Crippen molar-refractivity contribution in [2.24, 2.45) is 0 Å². The molecule has 0 aliphatic carbocycles. The van der Waals surface area contributed by atoms with E-state index in [9.17, 15) is 15.2 Å². The van der Waals surface area contributed by atoms with E-state index in [1.165, 1.54) is 17.1 Å². The van der Waals surface area contributed by atoms with Gasteiger partial charge in [0.1, 0.15) is 12.4 Å². The molecule has 0 radical (unpaired) electrons. The third-order valence-electron chi connectivity index (χ3n) is 1.91. The van der Waals surface area contributed by atoms with Gasteiger partial charge in [0.25, 0.3) is 0 Å². The molecule has 0 fully saturated rings. The molecule has 1 rings (SSSR count). The van der Waals surface area contributed by atoms with Gasteiger partial charge in [0.05, 0.1) is 17.1 Å². The zero-order valence-corrected chi connectivity index (χ0v) is 7.41. The van der Waals surface area contributed by atoms with Crippen molar-refractivity contribution in [1.29, 1.82) is 0 Å². The van der Waals surface area contributed by atoms with Gasteiger partial charge in [-0.15, -0.1) is 0 Å². The Morgan fingerprint density at radius 3 is 2.69 bits per heavy atom. The van der Waals surface area contributed by atoms with Crippen molar-refractivity contribution in [3.05, 3.63) is 22.5 Å². The lowest BCUT2D eigenvalue weighted by Gasteiger charge is -2.13. The molecule has 1 N–H and O–H groups in total. The standard InChI is InChI=1S/C7H11N3O3/c1-5(6(2)11)9-4-7(3-8-9)10(12)13/h3-6,11H,1-2H3. The van der Waals surface area contributed by atoms with E-state index in [4.69, 9.17) is 0 Å². The van der Waals surface area contributed by atoms with Crippen molar-refractivity contribution in [3.8, 4) is 0 Å². The Morgan fingerprint density at radius 1 is 1.69 bits per heavy atom. The van der Waals surface area contributed by atoms with E-state index in [1.54, 1.807) is 13.8 Å². The molecule has 0 amide bonds. The Labute approximate surface area is 74.9 Å². The molecule has 6 heteroatoms. The van der Waals surface area contributed by atoms with Gasteiger partial charge in [0.2, 0.25) is 0 Å². The molecule has 13 heavy (non-hydrogen) atoms. The number of hydrogen-bond acceptors (Lipinski definition) is 4. The van der Waals surface area contributed by atoms with E-state index in [1.807, 2.05) is 0 Å². The molecule has 6 nitrogen and oxygen atoms in total. The Hall–Kier alpha value is -1.43. The van der Waals surface area contributed by atoms with E-state index in [0.29, 0.717) is 0 Å². The average Bonchev–Trinajstić information content (AvgIpc) is 2.50. The molecule has 0 aliphatic heterocycles. The SMILES string of the molecule is CC(O)C(C)n1cc([N+](=O)[O-])cn1. The summed E-state index contributed by atoms with van der Waals surface area (Å²) in [5.41, 5.74) is -0.0625. The second kappa shape index (κ2) is 3.53. The van der Waals surface area contributed by atoms with E-state index in [2.05, 4.69) is 5.10 Å². The minimum Gasteiger partial charge on any atom is -0.391 e. The summed E-state index contributed by atoms with van der Waals surface area (Å²) >= 11 is 0. The molecule has 1 aromatic rings. The largest absolute Gasteiger partial charge is 0.391 e. The maximum absolute atomic E-state index is 10.3. The number of nitro groups is 1. The molecule has 72 valence electrons. The van der Waals surface area contributed by atoms with Crippen LogP contribution in [-0.2, 0) is 0 Å². The first-order valence-corrected chi connectivity index (χ1v) is 3.89. The van der Waals surface area contributed by atoms with Crippen LogP contribution >= 0.6 is 0 Å². The smallest absolute Gasteiger partial charge is 0.307 e. The van der Waals surface area contributed by atoms with Crippen LogP contribution in [0.1, 0.15) is 19.9 Å². The third kappa shape index (κ3) is 2.03. The van der Waals surface area contributed by atoms with Crippen LogP contribution in [0.5, 0.6) is 0 Å². The highest BCUT2D eigenvalue weighted by Gasteiger charge is 2.15. The molecule has 0 saturated heterocycles. The highest BCUT2D eigenvalue weighted by atomic mass is 16.6. The molecule has 1 aromatic heterocycles. The maximum Gasteiger partial charge on any atom is 0.307 e. The summed E-state index contributed by atoms with van der Waals surface area (Å²) in [6.07, 6.45) is 1.88. The molecular formula is C7H11N3O3. The second-order valence-corrected chi connectivity index (χ2v) is 2.92. The first-order valence-electron chi connectivity index (χ1n) is 3.89. The highest BCUT2D eigenvalue weighted by Crippen LogP contribution is 2.14. The van der Waals surface area contributed by atoms with Crippen molar-refractivity contribution in [2.75, 3.05) is 0 Å². The van der Waals surface area contributed by atoms with Gasteiger partial charge in [-0.1, -0.05) is 0 Å². The van der Waals surface area contributed by atoms with Crippen molar-refractivity contribution < 1.29 is 10.0 Å². The minimum atomic E-state index is -0.584. The number of aromatic nitrogens is 2. The van der Waals surface area contributed by atoms with Gasteiger partial charge in [-0.3, -0.25) is 14.8 Å². The van der Waals surface area contributed by atoms with Gasteiger partial charge in [0, 0.05) is 0 Å². The lowest BCUT2D eigenvalue weighted by molar-refractivity contribution is -0.385. The van der Waals surface area contributed by atoms with Gasteiger partial charge in [-0.2, -0.15) is 5.10 Å². The number of rotatable bonds is 3. The monoisotopic (exact) mass is 185 g/mol. The third-order valence-corrected chi connectivity index (χ3v) is 1.91. The molecule has 2 atom stereocenters. The van der Waals surface area contributed by atoms with Gasteiger partial charge in [0.15, 0.2) is 0 Å². The van der Waals surface area contributed by atoms with Gasteiger partial charge >= 0.3 is 5.69 Å². The van der Waals surface area contributed by atoms with E-state index in [-0.39, 0.29) is 11.7 Å². The fourth-order valence-corrected chi connectivity index (χ4v) is 0.866. The number of hydrogen-bond donors (Lipinski definition) is 1. The van der Waals surface area contributed by atoms with Crippen LogP contribution in [0.15, 0.2) is 12.4 Å². The van der Waals surface area contributed by atoms with Crippen molar-refractivity contribution >= 4 is 5.69 Å². The maximum atomic E-state index is 10.3. The lowest BCUT2D eigenvalue weighted by atomic mass is 10.2. The van der Waals surface area contributed by atoms with Crippen molar-refractivity contribution in [3.63, 3.8) is 0 Å². The summed E-state index contributed by atoms with van der Waals surface area (Å²) in [6.45, 7) is 3.35. The fraction of sp³-hybridized carbons (Fsp3) is 0.571. The topological polar surface area (TPSA) is 81.2 Å². The summed E-state index contributed by atoms with van der Waals surface area (Å²) < 4.78 is 1.38. The zero-order valence-electron chi connectivity index (χ0n) is 7.41.